The highest BCUT2D eigenvalue weighted by Gasteiger charge is 2.37. The molecule has 3 aliphatic heterocycles. The van der Waals surface area contributed by atoms with Crippen molar-refractivity contribution < 1.29 is 4.79 Å². The molecule has 12 heteroatoms. The molecular weight excluding hydrogens is 513 g/mol. The summed E-state index contributed by atoms with van der Waals surface area (Å²) in [5.41, 5.74) is 13.9. The van der Waals surface area contributed by atoms with Crippen molar-refractivity contribution in [3.05, 3.63) is 39.4 Å². The molecule has 37 heavy (non-hydrogen) atoms. The van der Waals surface area contributed by atoms with E-state index >= 15 is 0 Å². The van der Waals surface area contributed by atoms with Gasteiger partial charge in [-0.3, -0.25) is 14.7 Å². The number of likely N-dealkylation sites (tertiary alicyclic amines) is 2. The summed E-state index contributed by atoms with van der Waals surface area (Å²) in [5, 5.41) is 3.88. The number of anilines is 2. The van der Waals surface area contributed by atoms with Gasteiger partial charge in [-0.25, -0.2) is 15.0 Å². The second-order valence-corrected chi connectivity index (χ2v) is 10.6. The van der Waals surface area contributed by atoms with E-state index < -0.39 is 0 Å². The maximum atomic E-state index is 13.0. The molecule has 5 N–H and O–H groups in total. The van der Waals surface area contributed by atoms with Crippen LogP contribution in [0.1, 0.15) is 66.7 Å². The Balaban J connectivity index is 1.22. The molecule has 0 saturated carbocycles. The maximum absolute atomic E-state index is 13.0. The van der Waals surface area contributed by atoms with Crippen LogP contribution in [0.4, 0.5) is 11.6 Å². The number of aromatic nitrogens is 3. The van der Waals surface area contributed by atoms with E-state index in [0.717, 1.165) is 50.9 Å². The van der Waals surface area contributed by atoms with E-state index in [4.69, 9.17) is 39.7 Å². The first-order valence-electron chi connectivity index (χ1n) is 12.9. The number of hydrogen-bond donors (Lipinski definition) is 3. The van der Waals surface area contributed by atoms with Gasteiger partial charge in [0.2, 0.25) is 0 Å². The van der Waals surface area contributed by atoms with Gasteiger partial charge >= 0.3 is 0 Å². The second-order valence-electron chi connectivity index (χ2n) is 9.90. The fourth-order valence-electron chi connectivity index (χ4n) is 5.83. The van der Waals surface area contributed by atoms with Gasteiger partial charge < -0.3 is 21.7 Å². The van der Waals surface area contributed by atoms with Crippen molar-refractivity contribution in [1.82, 2.24) is 30.1 Å². The van der Waals surface area contributed by atoms with Gasteiger partial charge in [0.05, 0.1) is 17.8 Å². The number of amides is 1. The molecule has 5 rings (SSSR count). The molecule has 5 heterocycles. The van der Waals surface area contributed by atoms with E-state index in [1.165, 1.54) is 0 Å². The van der Waals surface area contributed by atoms with Gasteiger partial charge in [0.1, 0.15) is 16.7 Å². The van der Waals surface area contributed by atoms with Gasteiger partial charge in [-0.05, 0) is 50.8 Å². The van der Waals surface area contributed by atoms with Crippen molar-refractivity contribution in [2.24, 2.45) is 4.99 Å². The number of halogens is 2. The van der Waals surface area contributed by atoms with Crippen LogP contribution in [0.3, 0.4) is 0 Å². The SMILES string of the molecule is CC[C@H]1CC(c2nc(N)c(C3=NCCN3)nc2Cl)CCN1C1CCN(C(=O)c2ccc(Cl)nc2N)CC1. The van der Waals surface area contributed by atoms with Crippen molar-refractivity contribution in [2.45, 2.75) is 57.0 Å². The first-order chi connectivity index (χ1) is 17.9. The molecule has 0 aromatic carbocycles. The Labute approximate surface area is 226 Å². The van der Waals surface area contributed by atoms with Gasteiger partial charge in [-0.1, -0.05) is 30.1 Å². The quantitative estimate of drug-likeness (QED) is 0.487. The van der Waals surface area contributed by atoms with Crippen molar-refractivity contribution in [2.75, 3.05) is 44.2 Å². The first kappa shape index (κ1) is 25.9. The number of carbonyl (C=O) groups excluding carboxylic acids is 1. The predicted molar refractivity (Wildman–Crippen MR) is 146 cm³/mol. The summed E-state index contributed by atoms with van der Waals surface area (Å²) in [6.07, 6.45) is 4.77. The molecule has 0 aliphatic carbocycles. The zero-order valence-electron chi connectivity index (χ0n) is 21.0. The number of amidine groups is 1. The zero-order valence-corrected chi connectivity index (χ0v) is 22.5. The molecule has 1 unspecified atom stereocenters. The molecule has 3 aliphatic rings. The second kappa shape index (κ2) is 11.0. The van der Waals surface area contributed by atoms with Crippen LogP contribution < -0.4 is 16.8 Å². The lowest BCUT2D eigenvalue weighted by Gasteiger charge is -2.46. The third-order valence-corrected chi connectivity index (χ3v) is 8.25. The van der Waals surface area contributed by atoms with Crippen LogP contribution in [0.2, 0.25) is 10.3 Å². The van der Waals surface area contributed by atoms with Gasteiger partial charge in [-0.15, -0.1) is 0 Å². The summed E-state index contributed by atoms with van der Waals surface area (Å²) in [4.78, 5) is 35.2. The minimum Gasteiger partial charge on any atom is -0.383 e. The van der Waals surface area contributed by atoms with E-state index in [0.29, 0.717) is 59.8 Å². The highest BCUT2D eigenvalue weighted by atomic mass is 35.5. The van der Waals surface area contributed by atoms with E-state index in [1.54, 1.807) is 12.1 Å². The molecule has 2 aromatic heterocycles. The molecule has 0 spiro atoms. The summed E-state index contributed by atoms with van der Waals surface area (Å²) in [6.45, 7) is 6.02. The van der Waals surface area contributed by atoms with E-state index in [1.807, 2.05) is 4.90 Å². The van der Waals surface area contributed by atoms with Crippen molar-refractivity contribution in [3.8, 4) is 0 Å². The lowest BCUT2D eigenvalue weighted by Crippen LogP contribution is -2.52. The van der Waals surface area contributed by atoms with Crippen molar-refractivity contribution >= 4 is 46.6 Å². The number of aliphatic imine (C=N–C) groups is 1. The normalized spacial score (nSPS) is 23.1. The summed E-state index contributed by atoms with van der Waals surface area (Å²) in [5.74, 6) is 1.34. The lowest BCUT2D eigenvalue weighted by molar-refractivity contribution is 0.0368. The number of rotatable bonds is 5. The fourth-order valence-corrected chi connectivity index (χ4v) is 6.27. The molecule has 2 atom stereocenters. The monoisotopic (exact) mass is 545 g/mol. The Kier molecular flexibility index (Phi) is 7.69. The molecule has 2 fully saturated rings. The van der Waals surface area contributed by atoms with Gasteiger partial charge in [0, 0.05) is 37.6 Å². The van der Waals surface area contributed by atoms with Crippen molar-refractivity contribution in [1.29, 1.82) is 0 Å². The number of pyridine rings is 1. The summed E-state index contributed by atoms with van der Waals surface area (Å²) < 4.78 is 0. The largest absolute Gasteiger partial charge is 0.383 e. The third kappa shape index (κ3) is 5.32. The number of hydrogen-bond acceptors (Lipinski definition) is 9. The van der Waals surface area contributed by atoms with E-state index in [2.05, 4.69) is 32.1 Å². The number of nitrogen functional groups attached to an aromatic ring is 2. The fraction of sp³-hybridized carbons (Fsp3) is 0.560. The number of nitrogens with two attached hydrogens (primary N) is 2. The highest BCUT2D eigenvalue weighted by Crippen LogP contribution is 2.37. The number of nitrogens with one attached hydrogen (secondary N) is 1. The predicted octanol–water partition coefficient (Wildman–Crippen LogP) is 2.96. The molecule has 2 saturated heterocycles. The van der Waals surface area contributed by atoms with Crippen LogP contribution in [0, 0.1) is 0 Å². The van der Waals surface area contributed by atoms with Crippen LogP contribution in [0.5, 0.6) is 0 Å². The average molecular weight is 547 g/mol. The number of nitrogens with zero attached hydrogens (tertiary/aromatic N) is 6. The average Bonchev–Trinajstić information content (AvgIpc) is 3.44. The van der Waals surface area contributed by atoms with Gasteiger partial charge in [0.25, 0.3) is 5.91 Å². The molecule has 0 bridgehead atoms. The Morgan fingerprint density at radius 3 is 2.54 bits per heavy atom. The van der Waals surface area contributed by atoms with Crippen molar-refractivity contribution in [3.63, 3.8) is 0 Å². The Morgan fingerprint density at radius 1 is 1.08 bits per heavy atom. The van der Waals surface area contributed by atoms with E-state index in [-0.39, 0.29) is 22.8 Å². The van der Waals surface area contributed by atoms with Crippen LogP contribution in [0.25, 0.3) is 0 Å². The van der Waals surface area contributed by atoms with Crippen LogP contribution in [-0.2, 0) is 0 Å². The van der Waals surface area contributed by atoms with E-state index in [9.17, 15) is 4.79 Å². The van der Waals surface area contributed by atoms with Crippen LogP contribution in [-0.4, -0.2) is 81.3 Å². The lowest BCUT2D eigenvalue weighted by atomic mass is 9.85. The topological polar surface area (TPSA) is 139 Å². The Hall–Kier alpha value is -2.69. The van der Waals surface area contributed by atoms with Gasteiger partial charge in [-0.2, -0.15) is 0 Å². The number of carbonyl (C=O) groups is 1. The maximum Gasteiger partial charge on any atom is 0.257 e. The standard InChI is InChI=1S/C25H33Cl2N9O/c1-2-15-13-14(19-21(27)33-20(23(29)34-19)24-30-8-9-31-24)5-12-36(15)16-6-10-35(11-7-16)25(37)17-3-4-18(26)32-22(17)28/h3-4,14-16H,2,5-13H2,1H3,(H2,28,32)(H2,29,34)(H,30,31)/t14?,15-/m0/s1. The summed E-state index contributed by atoms with van der Waals surface area (Å²) in [6, 6.07) is 4.09. The van der Waals surface area contributed by atoms with Crippen LogP contribution >= 0.6 is 23.2 Å². The number of piperidine rings is 2. The summed E-state index contributed by atoms with van der Waals surface area (Å²) in [7, 11) is 0. The first-order valence-corrected chi connectivity index (χ1v) is 13.7. The zero-order chi connectivity index (χ0) is 26.1. The molecule has 0 radical (unpaired) electrons. The Morgan fingerprint density at radius 2 is 1.86 bits per heavy atom. The molecule has 198 valence electrons. The minimum absolute atomic E-state index is 0.0844. The third-order valence-electron chi connectivity index (χ3n) is 7.76. The molecule has 1 amide bonds. The smallest absolute Gasteiger partial charge is 0.257 e. The van der Waals surface area contributed by atoms with Gasteiger partial charge in [0.15, 0.2) is 16.8 Å². The molecular formula is C25H33Cl2N9O. The minimum atomic E-state index is -0.0844. The highest BCUT2D eigenvalue weighted by molar-refractivity contribution is 6.30. The molecule has 2 aromatic rings. The van der Waals surface area contributed by atoms with Crippen LogP contribution in [0.15, 0.2) is 17.1 Å². The molecule has 10 nitrogen and oxygen atoms in total. The summed E-state index contributed by atoms with van der Waals surface area (Å²) >= 11 is 12.5. The Bertz CT molecular complexity index is 1200.